The van der Waals surface area contributed by atoms with Gasteiger partial charge in [0.25, 0.3) is 0 Å². The maximum Gasteiger partial charge on any atom is 0.329 e. The summed E-state index contributed by atoms with van der Waals surface area (Å²) < 4.78 is 14.7. The zero-order valence-corrected chi connectivity index (χ0v) is 39.2. The highest BCUT2D eigenvalue weighted by atomic mass is 35.5. The van der Waals surface area contributed by atoms with Crippen molar-refractivity contribution >= 4 is 46.1 Å². The largest absolute Gasteiger partial charge is 0.494 e. The number of ether oxygens (including phenoxy) is 2. The number of nitrogens with one attached hydrogen (secondary N) is 1. The summed E-state index contributed by atoms with van der Waals surface area (Å²) in [6.45, 7) is 12.0. The van der Waals surface area contributed by atoms with E-state index in [4.69, 9.17) is 26.1 Å². The first-order valence-electron chi connectivity index (χ1n) is 23.5. The number of aromatic nitrogens is 4. The fourth-order valence-electron chi connectivity index (χ4n) is 10.8. The number of hydrogen-bond acceptors (Lipinski definition) is 11. The molecule has 2 aromatic heterocycles. The Hall–Kier alpha value is -5.91. The number of amides is 2. The van der Waals surface area contributed by atoms with Gasteiger partial charge in [0.2, 0.25) is 17.8 Å². The number of fused-ring (bicyclic) bond motifs is 1. The minimum Gasteiger partial charge on any atom is -0.494 e. The molecular weight excluding hydrogens is 854 g/mol. The van der Waals surface area contributed by atoms with Crippen molar-refractivity contribution in [2.45, 2.75) is 83.3 Å². The van der Waals surface area contributed by atoms with Gasteiger partial charge >= 0.3 is 5.69 Å². The zero-order valence-electron chi connectivity index (χ0n) is 38.5. The topological polar surface area (TPSA) is 151 Å². The van der Waals surface area contributed by atoms with E-state index >= 15 is 0 Å². The van der Waals surface area contributed by atoms with Crippen LogP contribution < -0.4 is 30.3 Å². The predicted molar refractivity (Wildman–Crippen MR) is 255 cm³/mol. The quantitative estimate of drug-likeness (QED) is 0.125. The average molecular weight is 915 g/mol. The standard InChI is InChI=1S/C51H60ClN9O5/c1-51(2,38-27-36(30-53)47(65-4)42(52)28-38)37-5-8-41(9-6-37)66-32-39-13-20-54-49(55-39)60-23-14-33(15-24-60)31-58-21-16-34(17-22-58)35-18-25-59(26-19-35)40-7-10-43-45(29-40)57(3)50(64)61(43)44-11-12-46(62)56-48(44)63/h5-10,13,20,27-29,33-35,44H,11-12,14-19,21-26,31-32H2,1-4H3,(H,56,62,63). The van der Waals surface area contributed by atoms with Crippen molar-refractivity contribution in [3.05, 3.63) is 105 Å². The van der Waals surface area contributed by atoms with Crippen molar-refractivity contribution in [1.29, 1.82) is 5.26 Å². The normalized spacial score (nSPS) is 19.5. The number of nitrogens with zero attached hydrogens (tertiary/aromatic N) is 8. The average Bonchev–Trinajstić information content (AvgIpc) is 3.58. The van der Waals surface area contributed by atoms with Crippen molar-refractivity contribution in [1.82, 2.24) is 29.3 Å². The van der Waals surface area contributed by atoms with Gasteiger partial charge in [0.1, 0.15) is 24.5 Å². The number of carbonyl (C=O) groups excluding carboxylic acids is 2. The number of carbonyl (C=O) groups is 2. The molecule has 0 saturated carbocycles. The van der Waals surface area contributed by atoms with Crippen molar-refractivity contribution in [2.24, 2.45) is 24.8 Å². The second kappa shape index (κ2) is 19.1. The number of piperidine rings is 4. The molecular formula is C51H60ClN9O5. The Kier molecular flexibility index (Phi) is 13.1. The summed E-state index contributed by atoms with van der Waals surface area (Å²) in [5, 5.41) is 12.5. The first-order valence-corrected chi connectivity index (χ1v) is 23.9. The van der Waals surface area contributed by atoms with Gasteiger partial charge in [-0.2, -0.15) is 5.26 Å². The molecule has 346 valence electrons. The van der Waals surface area contributed by atoms with Gasteiger partial charge in [-0.1, -0.05) is 37.6 Å². The van der Waals surface area contributed by atoms with Crippen molar-refractivity contribution < 1.29 is 19.1 Å². The molecule has 14 nitrogen and oxygen atoms in total. The van der Waals surface area contributed by atoms with Gasteiger partial charge in [0.05, 0.1) is 34.4 Å². The Morgan fingerprint density at radius 2 is 1.53 bits per heavy atom. The fraction of sp³-hybridized carbons (Fsp3) is 0.490. The first-order chi connectivity index (χ1) is 31.9. The van der Waals surface area contributed by atoms with E-state index in [1.54, 1.807) is 16.2 Å². The number of aryl methyl sites for hydroxylation is 1. The van der Waals surface area contributed by atoms with Gasteiger partial charge in [-0.25, -0.2) is 14.8 Å². The Morgan fingerprint density at radius 3 is 2.21 bits per heavy atom. The van der Waals surface area contributed by atoms with E-state index in [9.17, 15) is 19.6 Å². The third-order valence-electron chi connectivity index (χ3n) is 15.0. The van der Waals surface area contributed by atoms with Gasteiger partial charge in [-0.15, -0.1) is 0 Å². The van der Waals surface area contributed by atoms with Gasteiger partial charge in [0, 0.05) is 63.5 Å². The van der Waals surface area contributed by atoms with E-state index < -0.39 is 17.4 Å². The summed E-state index contributed by atoms with van der Waals surface area (Å²) in [6, 6.07) is 21.3. The van der Waals surface area contributed by atoms with Crippen molar-refractivity contribution in [3.8, 4) is 17.6 Å². The van der Waals surface area contributed by atoms with E-state index in [1.807, 2.05) is 54.7 Å². The number of imide groups is 1. The van der Waals surface area contributed by atoms with E-state index in [2.05, 4.69) is 57.0 Å². The third-order valence-corrected chi connectivity index (χ3v) is 15.2. The van der Waals surface area contributed by atoms with Crippen LogP contribution in [0.4, 0.5) is 11.6 Å². The highest BCUT2D eigenvalue weighted by Crippen LogP contribution is 2.39. The second-order valence-electron chi connectivity index (χ2n) is 19.2. The van der Waals surface area contributed by atoms with Crippen LogP contribution in [0.3, 0.4) is 0 Å². The van der Waals surface area contributed by atoms with Crippen LogP contribution in [0.15, 0.2) is 71.7 Å². The fourth-order valence-corrected chi connectivity index (χ4v) is 11.1. The lowest BCUT2D eigenvalue weighted by atomic mass is 9.77. The molecule has 2 amide bonds. The number of nitriles is 1. The lowest BCUT2D eigenvalue weighted by molar-refractivity contribution is -0.135. The van der Waals surface area contributed by atoms with Gasteiger partial charge in [0.15, 0.2) is 5.75 Å². The number of hydrogen-bond donors (Lipinski definition) is 1. The molecule has 1 unspecified atom stereocenters. The van der Waals surface area contributed by atoms with E-state index in [0.29, 0.717) is 35.3 Å². The number of methoxy groups -OCH3 is 1. The van der Waals surface area contributed by atoms with Crippen LogP contribution in [-0.4, -0.2) is 88.7 Å². The maximum atomic E-state index is 13.3. The molecule has 4 saturated heterocycles. The molecule has 1 atom stereocenters. The molecule has 1 N–H and O–H groups in total. The molecule has 15 heteroatoms. The monoisotopic (exact) mass is 913 g/mol. The zero-order chi connectivity index (χ0) is 46.1. The number of rotatable bonds is 12. The van der Waals surface area contributed by atoms with E-state index in [-0.39, 0.29) is 18.0 Å². The number of benzene rings is 3. The molecule has 4 aliphatic rings. The molecule has 0 bridgehead atoms. The van der Waals surface area contributed by atoms with Crippen molar-refractivity contribution in [2.75, 3.05) is 62.7 Å². The summed E-state index contributed by atoms with van der Waals surface area (Å²) in [4.78, 5) is 54.7. The van der Waals surface area contributed by atoms with Crippen LogP contribution in [0.25, 0.3) is 11.0 Å². The molecule has 0 radical (unpaired) electrons. The predicted octanol–water partition coefficient (Wildman–Crippen LogP) is 7.39. The minimum absolute atomic E-state index is 0.230. The number of likely N-dealkylation sites (tertiary alicyclic amines) is 1. The summed E-state index contributed by atoms with van der Waals surface area (Å²) in [5.74, 6) is 3.39. The minimum atomic E-state index is -0.675. The number of anilines is 2. The molecule has 5 aromatic rings. The summed E-state index contributed by atoms with van der Waals surface area (Å²) in [7, 11) is 3.27. The van der Waals surface area contributed by atoms with Crippen LogP contribution in [0.5, 0.6) is 11.5 Å². The Labute approximate surface area is 391 Å². The third kappa shape index (κ3) is 9.25. The Morgan fingerprint density at radius 1 is 0.833 bits per heavy atom. The first kappa shape index (κ1) is 45.3. The van der Waals surface area contributed by atoms with Crippen LogP contribution in [0.2, 0.25) is 5.02 Å². The summed E-state index contributed by atoms with van der Waals surface area (Å²) >= 11 is 6.48. The van der Waals surface area contributed by atoms with Crippen molar-refractivity contribution in [3.63, 3.8) is 0 Å². The van der Waals surface area contributed by atoms with Crippen LogP contribution >= 0.6 is 11.6 Å². The maximum absolute atomic E-state index is 13.3. The molecule has 66 heavy (non-hydrogen) atoms. The molecule has 0 aliphatic carbocycles. The van der Waals surface area contributed by atoms with E-state index in [1.165, 1.54) is 45.9 Å². The Bertz CT molecular complexity index is 2680. The summed E-state index contributed by atoms with van der Waals surface area (Å²) in [6.07, 6.45) is 9.53. The summed E-state index contributed by atoms with van der Waals surface area (Å²) in [5.41, 5.74) is 5.25. The SMILES string of the molecule is COc1c(Cl)cc(C(C)(C)c2ccc(OCc3ccnc(N4CCC(CN5CCC(C6CCN(c7ccc8c(c7)n(C)c(=O)n8C7CCC(=O)NC7=O)CC6)CC5)CC4)n3)cc2)cc1C#N. The molecule has 3 aromatic carbocycles. The molecule has 0 spiro atoms. The van der Waals surface area contributed by atoms with Gasteiger partial charge in [-0.05, 0) is 135 Å². The molecule has 6 heterocycles. The Balaban J connectivity index is 0.708. The van der Waals surface area contributed by atoms with Gasteiger partial charge < -0.3 is 24.2 Å². The van der Waals surface area contributed by atoms with Crippen LogP contribution in [-0.2, 0) is 28.7 Å². The van der Waals surface area contributed by atoms with Crippen LogP contribution in [0, 0.1) is 29.1 Å². The lowest BCUT2D eigenvalue weighted by Crippen LogP contribution is -2.44. The highest BCUT2D eigenvalue weighted by molar-refractivity contribution is 6.32. The molecule has 4 fully saturated rings. The highest BCUT2D eigenvalue weighted by Gasteiger charge is 2.34. The molecule has 4 aliphatic heterocycles. The smallest absolute Gasteiger partial charge is 0.329 e. The number of halogens is 1. The molecule has 9 rings (SSSR count). The van der Waals surface area contributed by atoms with E-state index in [0.717, 1.165) is 103 Å². The number of imidazole rings is 1. The van der Waals surface area contributed by atoms with Crippen LogP contribution in [0.1, 0.15) is 93.6 Å². The second-order valence-corrected chi connectivity index (χ2v) is 19.6. The van der Waals surface area contributed by atoms with Gasteiger partial charge in [-0.3, -0.25) is 24.0 Å². The lowest BCUT2D eigenvalue weighted by Gasteiger charge is -2.42.